The van der Waals surface area contributed by atoms with E-state index in [2.05, 4.69) is 71.0 Å². The molecule has 43 heavy (non-hydrogen) atoms. The molecule has 240 valence electrons. The highest BCUT2D eigenvalue weighted by molar-refractivity contribution is 6.30. The standard InChI is InChI=1S/C23H25ClN2.C9H20.C2H3N.C2H6.CH3N.CH4/c1-15(2)26-10-8-17(9-11-26)22-21-7-6-20(24)13-18(21)4-5-19-12-16(3)14-25-23(19)22;1-4-7-9(6-3)8-5-2;1-2-3;2*1-2;/h6-7,12-14H,1,4-5,8-11H2,2-3H3;9H,4-8H2,1-3H3;1H3;1-2H3;2H,1H2;1H4. The summed E-state index contributed by atoms with van der Waals surface area (Å²) in [6.07, 6.45) is 13.1. The maximum Gasteiger partial charge on any atom is 0.0739 e. The lowest BCUT2D eigenvalue weighted by Gasteiger charge is -2.32. The Morgan fingerprint density at radius 2 is 1.56 bits per heavy atom. The van der Waals surface area contributed by atoms with Crippen molar-refractivity contribution in [2.45, 2.75) is 121 Å². The third-order valence-electron chi connectivity index (χ3n) is 7.57. The minimum atomic E-state index is 0. The van der Waals surface area contributed by atoms with E-state index in [0.717, 1.165) is 55.4 Å². The summed E-state index contributed by atoms with van der Waals surface area (Å²) in [6.45, 7) is 25.2. The Hall–Kier alpha value is -2.90. The Morgan fingerprint density at radius 3 is 2.05 bits per heavy atom. The van der Waals surface area contributed by atoms with Crippen molar-refractivity contribution in [3.05, 3.63) is 81.3 Å². The van der Waals surface area contributed by atoms with Gasteiger partial charge in [0.25, 0.3) is 0 Å². The number of aromatic nitrogens is 1. The molecule has 4 rings (SSSR count). The van der Waals surface area contributed by atoms with E-state index in [1.165, 1.54) is 78.1 Å². The van der Waals surface area contributed by atoms with Gasteiger partial charge in [-0.05, 0) is 86.6 Å². The van der Waals surface area contributed by atoms with Gasteiger partial charge in [-0.3, -0.25) is 4.98 Å². The second-order valence-corrected chi connectivity index (χ2v) is 11.0. The third-order valence-corrected chi connectivity index (χ3v) is 7.81. The van der Waals surface area contributed by atoms with Crippen LogP contribution in [0.4, 0.5) is 0 Å². The smallest absolute Gasteiger partial charge is 0.0739 e. The number of halogens is 1. The first-order valence-electron chi connectivity index (χ1n) is 15.8. The van der Waals surface area contributed by atoms with Gasteiger partial charge in [0, 0.05) is 42.5 Å². The highest BCUT2D eigenvalue weighted by Gasteiger charge is 2.25. The maximum atomic E-state index is 7.32. The summed E-state index contributed by atoms with van der Waals surface area (Å²) in [4.78, 5) is 7.27. The van der Waals surface area contributed by atoms with Crippen LogP contribution in [-0.2, 0) is 12.8 Å². The van der Waals surface area contributed by atoms with Gasteiger partial charge in [-0.25, -0.2) is 0 Å². The zero-order chi connectivity index (χ0) is 32.1. The van der Waals surface area contributed by atoms with Gasteiger partial charge in [-0.2, -0.15) is 5.26 Å². The molecule has 1 aromatic heterocycles. The molecule has 2 aliphatic rings. The fraction of sp³-hybridized carbons (Fsp3) is 0.553. The van der Waals surface area contributed by atoms with Crippen LogP contribution in [0, 0.1) is 29.6 Å². The minimum absolute atomic E-state index is 0. The average Bonchev–Trinajstić information content (AvgIpc) is 3.16. The summed E-state index contributed by atoms with van der Waals surface area (Å²) in [5.41, 5.74) is 10.5. The molecular formula is C38H61ClN4. The van der Waals surface area contributed by atoms with Crippen molar-refractivity contribution in [1.82, 2.24) is 9.88 Å². The van der Waals surface area contributed by atoms with Crippen LogP contribution in [0.3, 0.4) is 0 Å². The molecule has 0 atom stereocenters. The molecule has 1 saturated heterocycles. The van der Waals surface area contributed by atoms with Crippen LogP contribution in [0.15, 0.2) is 48.3 Å². The number of hydrogen-bond donors (Lipinski definition) is 1. The number of allylic oxidation sites excluding steroid dienone is 1. The molecule has 1 fully saturated rings. The highest BCUT2D eigenvalue weighted by Crippen LogP contribution is 2.39. The molecule has 0 bridgehead atoms. The topological polar surface area (TPSA) is 63.8 Å². The number of benzene rings is 1. The first kappa shape index (κ1) is 42.2. The number of nitrogens with one attached hydrogen (secondary N) is 1. The lowest BCUT2D eigenvalue weighted by Crippen LogP contribution is -2.29. The molecular weight excluding hydrogens is 548 g/mol. The monoisotopic (exact) mass is 608 g/mol. The van der Waals surface area contributed by atoms with Crippen LogP contribution < -0.4 is 0 Å². The van der Waals surface area contributed by atoms with E-state index in [0.29, 0.717) is 0 Å². The number of hydrogen-bond acceptors (Lipinski definition) is 4. The number of nitrogens with zero attached hydrogens (tertiary/aromatic N) is 3. The first-order chi connectivity index (χ1) is 20.3. The van der Waals surface area contributed by atoms with Gasteiger partial charge in [0.15, 0.2) is 0 Å². The largest absolute Gasteiger partial charge is 0.375 e. The molecule has 0 spiro atoms. The van der Waals surface area contributed by atoms with E-state index in [1.807, 2.05) is 26.1 Å². The summed E-state index contributed by atoms with van der Waals surface area (Å²) in [5, 5.41) is 13.6. The number of rotatable bonds is 6. The lowest BCUT2D eigenvalue weighted by atomic mass is 9.88. The molecule has 0 unspecified atom stereocenters. The van der Waals surface area contributed by atoms with Gasteiger partial charge in [-0.1, -0.05) is 110 Å². The molecule has 4 nitrogen and oxygen atoms in total. The molecule has 1 N–H and O–H groups in total. The maximum absolute atomic E-state index is 7.32. The molecule has 0 radical (unpaired) electrons. The summed E-state index contributed by atoms with van der Waals surface area (Å²) < 4.78 is 0. The van der Waals surface area contributed by atoms with E-state index in [4.69, 9.17) is 27.3 Å². The Kier molecular flexibility index (Phi) is 24.1. The molecule has 1 aromatic carbocycles. The Morgan fingerprint density at radius 1 is 1.02 bits per heavy atom. The van der Waals surface area contributed by atoms with Crippen LogP contribution in [0.5, 0.6) is 0 Å². The van der Waals surface area contributed by atoms with Crippen molar-refractivity contribution in [1.29, 1.82) is 10.7 Å². The summed E-state index contributed by atoms with van der Waals surface area (Å²) in [5.74, 6) is 1.01. The predicted octanol–water partition coefficient (Wildman–Crippen LogP) is 11.6. The highest BCUT2D eigenvalue weighted by atomic mass is 35.5. The van der Waals surface area contributed by atoms with Crippen LogP contribution in [-0.4, -0.2) is 29.7 Å². The van der Waals surface area contributed by atoms with Gasteiger partial charge in [0.2, 0.25) is 0 Å². The molecule has 2 heterocycles. The van der Waals surface area contributed by atoms with Crippen molar-refractivity contribution in [3.63, 3.8) is 0 Å². The minimum Gasteiger partial charge on any atom is -0.375 e. The Labute approximate surface area is 270 Å². The van der Waals surface area contributed by atoms with E-state index >= 15 is 0 Å². The predicted molar refractivity (Wildman–Crippen MR) is 192 cm³/mol. The van der Waals surface area contributed by atoms with Gasteiger partial charge < -0.3 is 10.3 Å². The van der Waals surface area contributed by atoms with Crippen molar-refractivity contribution in [2.75, 3.05) is 13.1 Å². The zero-order valence-electron chi connectivity index (χ0n) is 27.9. The zero-order valence-corrected chi connectivity index (χ0v) is 28.6. The van der Waals surface area contributed by atoms with Crippen molar-refractivity contribution in [2.24, 2.45) is 5.92 Å². The lowest BCUT2D eigenvalue weighted by molar-refractivity contribution is 0.324. The number of piperidine rings is 1. The summed E-state index contributed by atoms with van der Waals surface area (Å²) in [7, 11) is 0. The van der Waals surface area contributed by atoms with E-state index in [-0.39, 0.29) is 7.43 Å². The Balaban J connectivity index is 0. The normalized spacial score (nSPS) is 12.8. The first-order valence-corrected chi connectivity index (χ1v) is 16.2. The molecule has 0 saturated carbocycles. The van der Waals surface area contributed by atoms with Crippen molar-refractivity contribution in [3.8, 4) is 6.07 Å². The number of pyridine rings is 1. The third kappa shape index (κ3) is 14.0. The number of likely N-dealkylation sites (tertiary alicyclic amines) is 1. The number of nitriles is 1. The Bertz CT molecular complexity index is 1070. The van der Waals surface area contributed by atoms with Crippen molar-refractivity contribution < 1.29 is 0 Å². The van der Waals surface area contributed by atoms with Gasteiger partial charge in [0.05, 0.1) is 11.8 Å². The molecule has 1 aliphatic heterocycles. The molecule has 2 aromatic rings. The second-order valence-electron chi connectivity index (χ2n) is 10.6. The number of fused-ring (bicyclic) bond motifs is 2. The van der Waals surface area contributed by atoms with Crippen LogP contribution in [0.1, 0.15) is 129 Å². The van der Waals surface area contributed by atoms with Crippen molar-refractivity contribution >= 4 is 23.9 Å². The summed E-state index contributed by atoms with van der Waals surface area (Å²) in [6, 6.07) is 10.4. The van der Waals surface area contributed by atoms with E-state index in [9.17, 15) is 0 Å². The number of aryl methyl sites for hydroxylation is 3. The van der Waals surface area contributed by atoms with Crippen LogP contribution in [0.2, 0.25) is 5.02 Å². The van der Waals surface area contributed by atoms with Crippen LogP contribution >= 0.6 is 11.6 Å². The fourth-order valence-electron chi connectivity index (χ4n) is 5.59. The fourth-order valence-corrected chi connectivity index (χ4v) is 5.79. The quantitative estimate of drug-likeness (QED) is 0.332. The van der Waals surface area contributed by atoms with E-state index in [1.54, 1.807) is 6.07 Å². The summed E-state index contributed by atoms with van der Waals surface area (Å²) >= 11 is 6.31. The van der Waals surface area contributed by atoms with Gasteiger partial charge >= 0.3 is 0 Å². The molecule has 5 heteroatoms. The van der Waals surface area contributed by atoms with Gasteiger partial charge in [0.1, 0.15) is 0 Å². The molecule has 1 aliphatic carbocycles. The SMILES string of the molecule is C.C=C(C)N1CCC(=C2c3ccc(Cl)cc3CCc3cc(C)cnc32)CC1.C=N.CC.CC#N.CCCC(CC)CCC. The average molecular weight is 609 g/mol. The van der Waals surface area contributed by atoms with Crippen LogP contribution in [0.25, 0.3) is 5.57 Å². The van der Waals surface area contributed by atoms with E-state index < -0.39 is 0 Å². The molecule has 0 amide bonds. The van der Waals surface area contributed by atoms with Gasteiger partial charge in [-0.15, -0.1) is 0 Å². The second kappa shape index (κ2) is 24.5.